The Morgan fingerprint density at radius 1 is 1.69 bits per heavy atom. The van der Waals surface area contributed by atoms with Crippen LogP contribution >= 0.6 is 0 Å². The maximum Gasteiger partial charge on any atom is 0.338 e. The second-order valence-corrected chi connectivity index (χ2v) is 2.84. The van der Waals surface area contributed by atoms with E-state index in [0.29, 0.717) is 0 Å². The van der Waals surface area contributed by atoms with Crippen molar-refractivity contribution in [1.82, 2.24) is 4.98 Å². The molecular formula is C9H7F2N3O2. The maximum absolute atomic E-state index is 12.6. The predicted molar refractivity (Wildman–Crippen MR) is 48.8 cm³/mol. The first-order chi connectivity index (χ1) is 7.51. The molecule has 0 bridgehead atoms. The third-order valence-electron chi connectivity index (χ3n) is 1.88. The van der Waals surface area contributed by atoms with Crippen LogP contribution in [0.25, 0.3) is 0 Å². The van der Waals surface area contributed by atoms with Crippen LogP contribution in [-0.2, 0) is 6.54 Å². The van der Waals surface area contributed by atoms with Gasteiger partial charge in [-0.2, -0.15) is 5.26 Å². The molecule has 1 heterocycles. The van der Waals surface area contributed by atoms with Crippen LogP contribution in [-0.4, -0.2) is 16.1 Å². The average molecular weight is 227 g/mol. The summed E-state index contributed by atoms with van der Waals surface area (Å²) < 4.78 is 25.2. The second kappa shape index (κ2) is 4.63. The molecule has 0 spiro atoms. The summed E-state index contributed by atoms with van der Waals surface area (Å²) in [6, 6.07) is 2.33. The number of nitrogens with two attached hydrogens (primary N) is 1. The Bertz CT molecular complexity index is 469. The topological polar surface area (TPSA) is 100 Å². The molecule has 16 heavy (non-hydrogen) atoms. The summed E-state index contributed by atoms with van der Waals surface area (Å²) in [5.74, 6) is -1.53. The van der Waals surface area contributed by atoms with Gasteiger partial charge in [-0.25, -0.2) is 18.6 Å². The van der Waals surface area contributed by atoms with Crippen LogP contribution in [0.4, 0.5) is 8.78 Å². The molecule has 0 saturated heterocycles. The number of carboxylic acids is 1. The zero-order chi connectivity index (χ0) is 12.3. The molecule has 5 nitrogen and oxygen atoms in total. The highest BCUT2D eigenvalue weighted by Gasteiger charge is 2.23. The van der Waals surface area contributed by atoms with Gasteiger partial charge in [0.25, 0.3) is 6.43 Å². The monoisotopic (exact) mass is 227 g/mol. The van der Waals surface area contributed by atoms with Crippen LogP contribution in [0.5, 0.6) is 0 Å². The van der Waals surface area contributed by atoms with E-state index in [1.54, 1.807) is 6.07 Å². The largest absolute Gasteiger partial charge is 0.478 e. The first kappa shape index (κ1) is 12.0. The van der Waals surface area contributed by atoms with Crippen molar-refractivity contribution in [2.24, 2.45) is 5.73 Å². The Morgan fingerprint density at radius 3 is 2.69 bits per heavy atom. The zero-order valence-electron chi connectivity index (χ0n) is 7.94. The van der Waals surface area contributed by atoms with Crippen molar-refractivity contribution in [1.29, 1.82) is 5.26 Å². The van der Waals surface area contributed by atoms with Gasteiger partial charge in [-0.05, 0) is 6.07 Å². The molecule has 0 radical (unpaired) electrons. The molecule has 0 unspecified atom stereocenters. The fourth-order valence-electron chi connectivity index (χ4n) is 1.24. The van der Waals surface area contributed by atoms with E-state index in [1.165, 1.54) is 0 Å². The number of halogens is 2. The number of carbonyl (C=O) groups is 1. The number of hydrogen-bond acceptors (Lipinski definition) is 4. The van der Waals surface area contributed by atoms with Crippen molar-refractivity contribution in [3.63, 3.8) is 0 Å². The number of hydrogen-bond donors (Lipinski definition) is 2. The molecule has 0 aliphatic carbocycles. The Labute approximate surface area is 89.1 Å². The molecule has 1 rings (SSSR count). The van der Waals surface area contributed by atoms with E-state index < -0.39 is 23.5 Å². The highest BCUT2D eigenvalue weighted by Crippen LogP contribution is 2.25. The number of aromatic nitrogens is 1. The quantitative estimate of drug-likeness (QED) is 0.803. The molecular weight excluding hydrogens is 220 g/mol. The van der Waals surface area contributed by atoms with Gasteiger partial charge in [0.2, 0.25) is 0 Å². The molecule has 3 N–H and O–H groups in total. The Morgan fingerprint density at radius 2 is 2.31 bits per heavy atom. The van der Waals surface area contributed by atoms with Gasteiger partial charge in [-0.3, -0.25) is 0 Å². The number of carboxylic acid groups (broad SMARTS) is 1. The average Bonchev–Trinajstić information content (AvgIpc) is 2.26. The summed E-state index contributed by atoms with van der Waals surface area (Å²) in [7, 11) is 0. The zero-order valence-corrected chi connectivity index (χ0v) is 7.94. The van der Waals surface area contributed by atoms with E-state index in [2.05, 4.69) is 4.98 Å². The summed E-state index contributed by atoms with van der Waals surface area (Å²) in [4.78, 5) is 14.4. The van der Waals surface area contributed by atoms with Crippen molar-refractivity contribution in [2.75, 3.05) is 0 Å². The van der Waals surface area contributed by atoms with E-state index in [-0.39, 0.29) is 17.9 Å². The Hall–Kier alpha value is -2.07. The van der Waals surface area contributed by atoms with Crippen molar-refractivity contribution < 1.29 is 18.7 Å². The van der Waals surface area contributed by atoms with Gasteiger partial charge in [-0.15, -0.1) is 0 Å². The van der Waals surface area contributed by atoms with Crippen molar-refractivity contribution in [3.05, 3.63) is 28.6 Å². The highest BCUT2D eigenvalue weighted by atomic mass is 19.3. The molecule has 0 aliphatic rings. The second-order valence-electron chi connectivity index (χ2n) is 2.84. The SMILES string of the molecule is N#Cc1cc(C(F)F)c(C(=O)O)c(CN)n1. The molecule has 1 aromatic rings. The van der Waals surface area contributed by atoms with Gasteiger partial charge in [0.15, 0.2) is 0 Å². The van der Waals surface area contributed by atoms with Gasteiger partial charge < -0.3 is 10.8 Å². The third kappa shape index (κ3) is 2.12. The van der Waals surface area contributed by atoms with Crippen molar-refractivity contribution >= 4 is 5.97 Å². The number of nitriles is 1. The molecule has 0 aliphatic heterocycles. The van der Waals surface area contributed by atoms with E-state index in [9.17, 15) is 13.6 Å². The van der Waals surface area contributed by atoms with Crippen LogP contribution in [0, 0.1) is 11.3 Å². The van der Waals surface area contributed by atoms with E-state index in [4.69, 9.17) is 16.1 Å². The van der Waals surface area contributed by atoms with Crippen LogP contribution < -0.4 is 5.73 Å². The Balaban J connectivity index is 3.55. The molecule has 0 amide bonds. The minimum absolute atomic E-state index is 0.221. The maximum atomic E-state index is 12.6. The lowest BCUT2D eigenvalue weighted by molar-refractivity contribution is 0.0682. The molecule has 0 saturated carbocycles. The van der Waals surface area contributed by atoms with Gasteiger partial charge in [0.05, 0.1) is 11.3 Å². The third-order valence-corrected chi connectivity index (χ3v) is 1.88. The van der Waals surface area contributed by atoms with Crippen LogP contribution in [0.2, 0.25) is 0 Å². The molecule has 0 aromatic carbocycles. The summed E-state index contributed by atoms with van der Waals surface area (Å²) in [6.07, 6.45) is -2.99. The van der Waals surface area contributed by atoms with E-state index in [0.717, 1.165) is 6.07 Å². The number of rotatable bonds is 3. The van der Waals surface area contributed by atoms with E-state index in [1.807, 2.05) is 0 Å². The lowest BCUT2D eigenvalue weighted by atomic mass is 10.1. The molecule has 0 atom stereocenters. The summed E-state index contributed by atoms with van der Waals surface area (Å²) in [6.45, 7) is -0.323. The number of aromatic carboxylic acids is 1. The number of nitrogens with zero attached hydrogens (tertiary/aromatic N) is 2. The summed E-state index contributed by atoms with van der Waals surface area (Å²) in [5, 5.41) is 17.3. The molecule has 1 aromatic heterocycles. The normalized spacial score (nSPS) is 10.2. The summed E-state index contributed by atoms with van der Waals surface area (Å²) in [5.41, 5.74) is 3.34. The van der Waals surface area contributed by atoms with Crippen molar-refractivity contribution in [2.45, 2.75) is 13.0 Å². The van der Waals surface area contributed by atoms with Gasteiger partial charge in [-0.1, -0.05) is 0 Å². The lowest BCUT2D eigenvalue weighted by Gasteiger charge is -2.09. The van der Waals surface area contributed by atoms with Crippen molar-refractivity contribution in [3.8, 4) is 6.07 Å². The molecule has 7 heteroatoms. The molecule has 84 valence electrons. The first-order valence-electron chi connectivity index (χ1n) is 4.16. The number of pyridine rings is 1. The Kier molecular flexibility index (Phi) is 3.48. The fraction of sp³-hybridized carbons (Fsp3) is 0.222. The number of alkyl halides is 2. The minimum Gasteiger partial charge on any atom is -0.478 e. The van der Waals surface area contributed by atoms with Gasteiger partial charge in [0.1, 0.15) is 11.8 Å². The van der Waals surface area contributed by atoms with Crippen LogP contribution in [0.15, 0.2) is 6.07 Å². The smallest absolute Gasteiger partial charge is 0.338 e. The van der Waals surface area contributed by atoms with Crippen LogP contribution in [0.3, 0.4) is 0 Å². The standard InChI is InChI=1S/C9H7F2N3O2/c10-8(11)5-1-4(2-12)14-6(3-13)7(5)9(15)16/h1,8H,3,13H2,(H,15,16). The summed E-state index contributed by atoms with van der Waals surface area (Å²) >= 11 is 0. The van der Waals surface area contributed by atoms with E-state index >= 15 is 0 Å². The first-order valence-corrected chi connectivity index (χ1v) is 4.16. The fourth-order valence-corrected chi connectivity index (χ4v) is 1.24. The minimum atomic E-state index is -2.99. The van der Waals surface area contributed by atoms with Crippen LogP contribution in [0.1, 0.15) is 33.7 Å². The van der Waals surface area contributed by atoms with Gasteiger partial charge in [0, 0.05) is 12.1 Å². The lowest BCUT2D eigenvalue weighted by Crippen LogP contribution is -2.14. The molecule has 0 fully saturated rings. The van der Waals surface area contributed by atoms with Gasteiger partial charge >= 0.3 is 5.97 Å². The highest BCUT2D eigenvalue weighted by molar-refractivity contribution is 5.90. The predicted octanol–water partition coefficient (Wildman–Crippen LogP) is 1.05.